The van der Waals surface area contributed by atoms with Gasteiger partial charge in [0, 0.05) is 12.5 Å². The minimum Gasteiger partial charge on any atom is -0.466 e. The number of hydrogen-bond donors (Lipinski definition) is 1. The lowest BCUT2D eigenvalue weighted by Crippen LogP contribution is -2.10. The molecule has 0 radical (unpaired) electrons. The lowest BCUT2D eigenvalue weighted by Gasteiger charge is -2.20. The quantitative estimate of drug-likeness (QED) is 0.226. The minimum atomic E-state index is -0.962. The van der Waals surface area contributed by atoms with Gasteiger partial charge in [0.2, 0.25) is 6.29 Å². The van der Waals surface area contributed by atoms with Crippen LogP contribution in [-0.2, 0) is 27.1 Å². The maximum atomic E-state index is 11.0. The number of ether oxygens (including phenoxy) is 2. The molecule has 0 saturated heterocycles. The predicted molar refractivity (Wildman–Crippen MR) is 112 cm³/mol. The highest BCUT2D eigenvalue weighted by atomic mass is 16.6. The van der Waals surface area contributed by atoms with Gasteiger partial charge >= 0.3 is 5.97 Å². The van der Waals surface area contributed by atoms with Crippen LogP contribution in [0.4, 0.5) is 0 Å². The predicted octanol–water partition coefficient (Wildman–Crippen LogP) is 4.70. The van der Waals surface area contributed by atoms with Gasteiger partial charge in [-0.15, -0.1) is 0 Å². The van der Waals surface area contributed by atoms with Crippen molar-refractivity contribution in [3.05, 3.63) is 78.1 Å². The number of esters is 1. The van der Waals surface area contributed by atoms with E-state index in [2.05, 4.69) is 43.5 Å². The summed E-state index contributed by atoms with van der Waals surface area (Å²) in [4.78, 5) is 11.0. The zero-order chi connectivity index (χ0) is 19.9. The van der Waals surface area contributed by atoms with Crippen molar-refractivity contribution in [3.63, 3.8) is 0 Å². The van der Waals surface area contributed by atoms with Crippen LogP contribution in [0.15, 0.2) is 61.4 Å². The summed E-state index contributed by atoms with van der Waals surface area (Å²) in [5, 5.41) is 12.1. The molecule has 0 fully saturated rings. The number of fused-ring (bicyclic) bond motifs is 3. The van der Waals surface area contributed by atoms with Crippen LogP contribution in [0.2, 0.25) is 0 Å². The third-order valence-electron chi connectivity index (χ3n) is 4.91. The Hall–Kier alpha value is -2.85. The number of aryl methyl sites for hydroxylation is 2. The van der Waals surface area contributed by atoms with Gasteiger partial charge in [-0.3, -0.25) is 0 Å². The molecule has 2 aromatic carbocycles. The van der Waals surface area contributed by atoms with Crippen molar-refractivity contribution < 1.29 is 19.4 Å². The molecule has 28 heavy (non-hydrogen) atoms. The van der Waals surface area contributed by atoms with E-state index in [1.807, 2.05) is 6.08 Å². The molecule has 0 heterocycles. The second-order valence-electron chi connectivity index (χ2n) is 6.87. The topological polar surface area (TPSA) is 55.8 Å². The molecule has 0 bridgehead atoms. The van der Waals surface area contributed by atoms with E-state index in [9.17, 15) is 9.90 Å². The summed E-state index contributed by atoms with van der Waals surface area (Å²) in [7, 11) is 0. The molecule has 0 amide bonds. The molecule has 0 aliphatic heterocycles. The molecule has 0 spiro atoms. The molecule has 1 aliphatic rings. The van der Waals surface area contributed by atoms with Gasteiger partial charge in [0.1, 0.15) is 5.76 Å². The highest BCUT2D eigenvalue weighted by molar-refractivity contribution is 5.90. The first kappa shape index (κ1) is 19.9. The van der Waals surface area contributed by atoms with E-state index in [1.54, 1.807) is 0 Å². The molecule has 0 saturated carbocycles. The van der Waals surface area contributed by atoms with Gasteiger partial charge in [-0.1, -0.05) is 43.5 Å². The Morgan fingerprint density at radius 3 is 2.82 bits per heavy atom. The number of aliphatic hydroxyl groups excluding tert-OH is 1. The van der Waals surface area contributed by atoms with Crippen molar-refractivity contribution in [1.29, 1.82) is 0 Å². The fourth-order valence-electron chi connectivity index (χ4n) is 3.48. The first-order chi connectivity index (χ1) is 13.6. The van der Waals surface area contributed by atoms with Crippen molar-refractivity contribution in [1.82, 2.24) is 0 Å². The Kier molecular flexibility index (Phi) is 6.66. The van der Waals surface area contributed by atoms with E-state index in [-0.39, 0.29) is 5.97 Å². The third-order valence-corrected chi connectivity index (χ3v) is 4.91. The van der Waals surface area contributed by atoms with Crippen LogP contribution in [0, 0.1) is 0 Å². The Morgan fingerprint density at radius 2 is 2.04 bits per heavy atom. The van der Waals surface area contributed by atoms with Crippen molar-refractivity contribution in [2.24, 2.45) is 0 Å². The highest BCUT2D eigenvalue weighted by Gasteiger charge is 2.15. The standard InChI is InChI=1S/C24H26O4/c1-3-23(25)27-14-6-5-7-17-8-12-21-18(15-17)9-10-19-16-20(11-13-22(19)21)28-24(26)4-2/h3-4,8-10,12,15-16,24,26H,1-2,5-7,11,13-14H2. The fraction of sp³-hybridized carbons (Fsp3) is 0.292. The number of benzene rings is 2. The first-order valence-corrected chi connectivity index (χ1v) is 9.62. The van der Waals surface area contributed by atoms with Crippen LogP contribution in [0.5, 0.6) is 0 Å². The molecule has 0 aromatic heterocycles. The highest BCUT2D eigenvalue weighted by Crippen LogP contribution is 2.32. The molecule has 146 valence electrons. The molecule has 1 atom stereocenters. The lowest BCUT2D eigenvalue weighted by molar-refractivity contribution is -0.137. The zero-order valence-electron chi connectivity index (χ0n) is 16.0. The second kappa shape index (κ2) is 9.38. The van der Waals surface area contributed by atoms with Gasteiger partial charge in [0.05, 0.1) is 6.61 Å². The second-order valence-corrected chi connectivity index (χ2v) is 6.87. The molecule has 2 aromatic rings. The Labute approximate surface area is 165 Å². The number of unbranched alkanes of at least 4 members (excludes halogenated alkanes) is 1. The van der Waals surface area contributed by atoms with Crippen molar-refractivity contribution in [2.45, 2.75) is 38.4 Å². The lowest BCUT2D eigenvalue weighted by atomic mass is 9.90. The summed E-state index contributed by atoms with van der Waals surface area (Å²) < 4.78 is 10.5. The third kappa shape index (κ3) is 4.90. The van der Waals surface area contributed by atoms with E-state index in [1.165, 1.54) is 34.1 Å². The Bertz CT molecular complexity index is 910. The molecular weight excluding hydrogens is 352 g/mol. The molecule has 1 aliphatic carbocycles. The Balaban J connectivity index is 1.66. The van der Waals surface area contributed by atoms with Gasteiger partial charge in [0.15, 0.2) is 0 Å². The minimum absolute atomic E-state index is 0.364. The fourth-order valence-corrected chi connectivity index (χ4v) is 3.48. The summed E-state index contributed by atoms with van der Waals surface area (Å²) in [5.41, 5.74) is 3.75. The number of hydrogen-bond acceptors (Lipinski definition) is 4. The number of allylic oxidation sites excluding steroid dienone is 1. The van der Waals surface area contributed by atoms with Crippen molar-refractivity contribution in [2.75, 3.05) is 6.61 Å². The summed E-state index contributed by atoms with van der Waals surface area (Å²) in [5.74, 6) is 0.421. The summed E-state index contributed by atoms with van der Waals surface area (Å²) in [6, 6.07) is 10.9. The Morgan fingerprint density at radius 1 is 1.18 bits per heavy atom. The van der Waals surface area contributed by atoms with Crippen LogP contribution >= 0.6 is 0 Å². The molecule has 1 N–H and O–H groups in total. The van der Waals surface area contributed by atoms with Crippen molar-refractivity contribution in [3.8, 4) is 0 Å². The summed E-state index contributed by atoms with van der Waals surface area (Å²) in [6.07, 6.45) is 8.02. The molecule has 4 heteroatoms. The van der Waals surface area contributed by atoms with Gasteiger partial charge in [-0.25, -0.2) is 4.79 Å². The number of carbonyl (C=O) groups excluding carboxylic acids is 1. The van der Waals surface area contributed by atoms with Crippen molar-refractivity contribution >= 4 is 22.8 Å². The summed E-state index contributed by atoms with van der Waals surface area (Å²) >= 11 is 0. The van der Waals surface area contributed by atoms with E-state index in [0.29, 0.717) is 6.61 Å². The van der Waals surface area contributed by atoms with Gasteiger partial charge in [0.25, 0.3) is 0 Å². The van der Waals surface area contributed by atoms with E-state index >= 15 is 0 Å². The van der Waals surface area contributed by atoms with Crippen LogP contribution in [0.25, 0.3) is 16.8 Å². The SMILES string of the molecule is C=CC(=O)OCCCCc1ccc2c3c(ccc2c1)C=C(OC(O)C=C)CC3. The largest absolute Gasteiger partial charge is 0.466 e. The van der Waals surface area contributed by atoms with Crippen LogP contribution in [0.3, 0.4) is 0 Å². The average Bonchev–Trinajstić information content (AvgIpc) is 2.72. The molecule has 1 unspecified atom stereocenters. The number of carbonyl (C=O) groups is 1. The smallest absolute Gasteiger partial charge is 0.330 e. The zero-order valence-corrected chi connectivity index (χ0v) is 16.0. The van der Waals surface area contributed by atoms with Crippen LogP contribution < -0.4 is 0 Å². The van der Waals surface area contributed by atoms with E-state index < -0.39 is 6.29 Å². The van der Waals surface area contributed by atoms with Crippen LogP contribution in [0.1, 0.15) is 36.0 Å². The van der Waals surface area contributed by atoms with E-state index in [0.717, 1.165) is 43.4 Å². The van der Waals surface area contributed by atoms with E-state index in [4.69, 9.17) is 9.47 Å². The van der Waals surface area contributed by atoms with Gasteiger partial charge < -0.3 is 14.6 Å². The maximum absolute atomic E-state index is 11.0. The maximum Gasteiger partial charge on any atom is 0.330 e. The monoisotopic (exact) mass is 378 g/mol. The molecule has 3 rings (SSSR count). The molecule has 4 nitrogen and oxygen atoms in total. The van der Waals surface area contributed by atoms with Gasteiger partial charge in [-0.05, 0) is 65.3 Å². The normalized spacial score (nSPS) is 14.0. The van der Waals surface area contributed by atoms with Crippen LogP contribution in [-0.4, -0.2) is 24.0 Å². The number of rotatable bonds is 9. The average molecular weight is 378 g/mol. The number of aliphatic hydroxyl groups is 1. The summed E-state index contributed by atoms with van der Waals surface area (Å²) in [6.45, 7) is 7.36. The first-order valence-electron chi connectivity index (χ1n) is 9.62. The van der Waals surface area contributed by atoms with Gasteiger partial charge in [-0.2, -0.15) is 0 Å². The molecular formula is C24H26O4.